The summed E-state index contributed by atoms with van der Waals surface area (Å²) >= 11 is 6.13. The number of amides is 1. The summed E-state index contributed by atoms with van der Waals surface area (Å²) in [6.07, 6.45) is 0. The Hall–Kier alpha value is -2.33. The zero-order chi connectivity index (χ0) is 16.3. The van der Waals surface area contributed by atoms with Gasteiger partial charge in [-0.1, -0.05) is 43.6 Å². The van der Waals surface area contributed by atoms with Crippen LogP contribution in [-0.4, -0.2) is 17.0 Å². The molecule has 0 bridgehead atoms. The fraction of sp³-hybridized carbons (Fsp3) is 0.176. The number of carbonyl (C=O) groups excluding carboxylic acids is 1. The molecule has 0 saturated carbocycles. The van der Waals surface area contributed by atoms with Gasteiger partial charge in [0.15, 0.2) is 0 Å². The fourth-order valence-electron chi connectivity index (χ4n) is 2.09. The highest BCUT2D eigenvalue weighted by Crippen LogP contribution is 2.31. The van der Waals surface area contributed by atoms with E-state index in [1.54, 1.807) is 30.3 Å². The number of halogens is 1. The summed E-state index contributed by atoms with van der Waals surface area (Å²) in [6.45, 7) is 3.82. The molecule has 0 radical (unpaired) electrons. The van der Waals surface area contributed by atoms with Gasteiger partial charge in [0.05, 0.1) is 10.6 Å². The van der Waals surface area contributed by atoms with Crippen LogP contribution < -0.4 is 5.32 Å². The third-order valence-corrected chi connectivity index (χ3v) is 3.67. The van der Waals surface area contributed by atoms with Crippen molar-refractivity contribution in [3.8, 4) is 0 Å². The van der Waals surface area contributed by atoms with Crippen LogP contribution in [0.15, 0.2) is 42.5 Å². The topological polar surface area (TPSA) is 66.4 Å². The Morgan fingerprint density at radius 3 is 2.32 bits per heavy atom. The molecular formula is C17H16ClNO3. The molecule has 0 aliphatic heterocycles. The van der Waals surface area contributed by atoms with Crippen LogP contribution in [0.25, 0.3) is 0 Å². The molecule has 0 aliphatic carbocycles. The Morgan fingerprint density at radius 2 is 1.77 bits per heavy atom. The summed E-state index contributed by atoms with van der Waals surface area (Å²) < 4.78 is 0. The summed E-state index contributed by atoms with van der Waals surface area (Å²) in [5.74, 6) is -1.38. The van der Waals surface area contributed by atoms with Crippen molar-refractivity contribution >= 4 is 29.2 Å². The van der Waals surface area contributed by atoms with E-state index in [2.05, 4.69) is 5.32 Å². The van der Waals surface area contributed by atoms with E-state index in [1.165, 1.54) is 6.07 Å². The Bertz CT molecular complexity index is 711. The minimum absolute atomic E-state index is 0.0174. The van der Waals surface area contributed by atoms with Crippen molar-refractivity contribution in [3.05, 3.63) is 64.2 Å². The van der Waals surface area contributed by atoms with Crippen LogP contribution in [0.2, 0.25) is 5.02 Å². The van der Waals surface area contributed by atoms with Crippen molar-refractivity contribution in [1.29, 1.82) is 0 Å². The highest BCUT2D eigenvalue weighted by Gasteiger charge is 2.17. The predicted molar refractivity (Wildman–Crippen MR) is 86.9 cm³/mol. The quantitative estimate of drug-likeness (QED) is 0.877. The zero-order valence-corrected chi connectivity index (χ0v) is 13.0. The molecule has 1 amide bonds. The number of carbonyl (C=O) groups is 2. The predicted octanol–water partition coefficient (Wildman–Crippen LogP) is 4.41. The standard InChI is InChI=1S/C17H16ClNO3/c1-10(2)13-8-12(9-14(15(13)18)17(21)22)19-16(20)11-6-4-3-5-7-11/h3-10H,1-2H3,(H,19,20)(H,21,22). The molecule has 0 saturated heterocycles. The molecule has 2 N–H and O–H groups in total. The van der Waals surface area contributed by atoms with E-state index in [0.717, 1.165) is 0 Å². The largest absolute Gasteiger partial charge is 0.478 e. The smallest absolute Gasteiger partial charge is 0.337 e. The van der Waals surface area contributed by atoms with Crippen molar-refractivity contribution in [2.45, 2.75) is 19.8 Å². The van der Waals surface area contributed by atoms with Gasteiger partial charge < -0.3 is 10.4 Å². The SMILES string of the molecule is CC(C)c1cc(NC(=O)c2ccccc2)cc(C(=O)O)c1Cl. The first-order valence-electron chi connectivity index (χ1n) is 6.83. The lowest BCUT2D eigenvalue weighted by Gasteiger charge is -2.14. The molecule has 0 spiro atoms. The van der Waals surface area contributed by atoms with Gasteiger partial charge in [0.25, 0.3) is 5.91 Å². The molecule has 114 valence electrons. The lowest BCUT2D eigenvalue weighted by molar-refractivity contribution is 0.0696. The molecule has 0 fully saturated rings. The van der Waals surface area contributed by atoms with Crippen LogP contribution in [0.3, 0.4) is 0 Å². The van der Waals surface area contributed by atoms with Gasteiger partial charge in [-0.05, 0) is 35.7 Å². The first kappa shape index (κ1) is 16.0. The maximum Gasteiger partial charge on any atom is 0.337 e. The van der Waals surface area contributed by atoms with Gasteiger partial charge in [-0.25, -0.2) is 4.79 Å². The third kappa shape index (κ3) is 3.46. The van der Waals surface area contributed by atoms with E-state index in [1.807, 2.05) is 19.9 Å². The van der Waals surface area contributed by atoms with E-state index in [9.17, 15) is 14.7 Å². The summed E-state index contributed by atoms with van der Waals surface area (Å²) in [5.41, 5.74) is 1.58. The van der Waals surface area contributed by atoms with Gasteiger partial charge in [0.1, 0.15) is 0 Å². The normalized spacial score (nSPS) is 10.5. The molecule has 0 aromatic heterocycles. The monoisotopic (exact) mass is 317 g/mol. The van der Waals surface area contributed by atoms with Crippen molar-refractivity contribution in [1.82, 2.24) is 0 Å². The Labute approximate surface area is 133 Å². The molecule has 2 aromatic carbocycles. The summed E-state index contributed by atoms with van der Waals surface area (Å²) in [7, 11) is 0. The van der Waals surface area contributed by atoms with Crippen molar-refractivity contribution in [2.75, 3.05) is 5.32 Å². The summed E-state index contributed by atoms with van der Waals surface area (Å²) in [4.78, 5) is 23.5. The van der Waals surface area contributed by atoms with Crippen LogP contribution in [0.1, 0.15) is 46.0 Å². The lowest BCUT2D eigenvalue weighted by atomic mass is 9.99. The van der Waals surface area contributed by atoms with E-state index >= 15 is 0 Å². The van der Waals surface area contributed by atoms with E-state index in [-0.39, 0.29) is 22.4 Å². The molecule has 2 aromatic rings. The summed E-state index contributed by atoms with van der Waals surface area (Å²) in [5, 5.41) is 12.2. The Morgan fingerprint density at radius 1 is 1.14 bits per heavy atom. The fourth-order valence-corrected chi connectivity index (χ4v) is 2.50. The van der Waals surface area contributed by atoms with Crippen molar-refractivity contribution in [2.24, 2.45) is 0 Å². The van der Waals surface area contributed by atoms with Crippen molar-refractivity contribution in [3.63, 3.8) is 0 Å². The van der Waals surface area contributed by atoms with Gasteiger partial charge in [-0.2, -0.15) is 0 Å². The number of anilines is 1. The van der Waals surface area contributed by atoms with Crippen LogP contribution in [0.4, 0.5) is 5.69 Å². The Kier molecular flexibility index (Phi) is 4.83. The maximum absolute atomic E-state index is 12.2. The molecule has 2 rings (SSSR count). The van der Waals surface area contributed by atoms with Gasteiger partial charge in [-0.15, -0.1) is 0 Å². The van der Waals surface area contributed by atoms with E-state index < -0.39 is 5.97 Å². The van der Waals surface area contributed by atoms with Gasteiger partial charge >= 0.3 is 5.97 Å². The molecule has 0 heterocycles. The van der Waals surface area contributed by atoms with Crippen LogP contribution in [-0.2, 0) is 0 Å². The van der Waals surface area contributed by atoms with Gasteiger partial charge in [0.2, 0.25) is 0 Å². The molecule has 0 aliphatic rings. The number of aromatic carboxylic acids is 1. The molecular weight excluding hydrogens is 302 g/mol. The maximum atomic E-state index is 12.2. The molecule has 0 atom stereocenters. The highest BCUT2D eigenvalue weighted by atomic mass is 35.5. The van der Waals surface area contributed by atoms with Crippen LogP contribution in [0, 0.1) is 0 Å². The third-order valence-electron chi connectivity index (χ3n) is 3.25. The number of rotatable bonds is 4. The summed E-state index contributed by atoms with van der Waals surface area (Å²) in [6, 6.07) is 11.8. The van der Waals surface area contributed by atoms with E-state index in [0.29, 0.717) is 16.8 Å². The van der Waals surface area contributed by atoms with Crippen molar-refractivity contribution < 1.29 is 14.7 Å². The number of hydrogen-bond donors (Lipinski definition) is 2. The number of benzene rings is 2. The number of nitrogens with one attached hydrogen (secondary N) is 1. The number of hydrogen-bond acceptors (Lipinski definition) is 2. The first-order chi connectivity index (χ1) is 10.4. The Balaban J connectivity index is 2.39. The zero-order valence-electron chi connectivity index (χ0n) is 12.3. The second-order valence-electron chi connectivity index (χ2n) is 5.21. The van der Waals surface area contributed by atoms with Crippen LogP contribution >= 0.6 is 11.6 Å². The first-order valence-corrected chi connectivity index (χ1v) is 7.21. The molecule has 0 unspecified atom stereocenters. The van der Waals surface area contributed by atoms with Gasteiger partial charge in [0, 0.05) is 11.3 Å². The minimum atomic E-state index is -1.12. The van der Waals surface area contributed by atoms with E-state index in [4.69, 9.17) is 11.6 Å². The minimum Gasteiger partial charge on any atom is -0.478 e. The second kappa shape index (κ2) is 6.62. The molecule has 5 heteroatoms. The average molecular weight is 318 g/mol. The molecule has 4 nitrogen and oxygen atoms in total. The molecule has 22 heavy (non-hydrogen) atoms. The number of carboxylic acid groups (broad SMARTS) is 1. The second-order valence-corrected chi connectivity index (χ2v) is 5.58. The van der Waals surface area contributed by atoms with Gasteiger partial charge in [-0.3, -0.25) is 4.79 Å². The highest BCUT2D eigenvalue weighted by molar-refractivity contribution is 6.34. The lowest BCUT2D eigenvalue weighted by Crippen LogP contribution is -2.13. The number of carboxylic acids is 1. The van der Waals surface area contributed by atoms with Crippen LogP contribution in [0.5, 0.6) is 0 Å². The average Bonchev–Trinajstić information content (AvgIpc) is 2.49.